The van der Waals surface area contributed by atoms with E-state index in [9.17, 15) is 4.79 Å². The molecule has 2 nitrogen and oxygen atoms in total. The molecule has 0 aromatic rings. The Morgan fingerprint density at radius 1 is 0.875 bits per heavy atom. The third kappa shape index (κ3) is 13.2. The molecule has 0 saturated carbocycles. The Balaban J connectivity index is 2.98. The quantitative estimate of drug-likeness (QED) is 0.305. The number of carbonyl (C=O) groups excluding carboxylic acids is 1. The van der Waals surface area contributed by atoms with Crippen LogP contribution in [0.3, 0.4) is 0 Å². The SMILES string of the molecule is CCCCCCCCCCC=CCNC=O. The van der Waals surface area contributed by atoms with Crippen molar-refractivity contribution in [3.8, 4) is 0 Å². The Hall–Kier alpha value is -0.790. The van der Waals surface area contributed by atoms with Crippen LogP contribution >= 0.6 is 0 Å². The fourth-order valence-corrected chi connectivity index (χ4v) is 1.71. The van der Waals surface area contributed by atoms with Gasteiger partial charge in [0, 0.05) is 6.54 Å². The highest BCUT2D eigenvalue weighted by Gasteiger charge is 1.90. The summed E-state index contributed by atoms with van der Waals surface area (Å²) in [7, 11) is 0. The molecule has 0 unspecified atom stereocenters. The average Bonchev–Trinajstić information content (AvgIpc) is 2.31. The molecule has 0 rings (SSSR count). The van der Waals surface area contributed by atoms with Crippen molar-refractivity contribution >= 4 is 6.41 Å². The van der Waals surface area contributed by atoms with Crippen LogP contribution in [0.1, 0.15) is 64.7 Å². The lowest BCUT2D eigenvalue weighted by Gasteiger charge is -1.99. The Bertz CT molecular complexity index is 166. The van der Waals surface area contributed by atoms with Crippen LogP contribution in [0.15, 0.2) is 12.2 Å². The molecule has 0 aliphatic carbocycles. The van der Waals surface area contributed by atoms with Gasteiger partial charge in [-0.2, -0.15) is 0 Å². The van der Waals surface area contributed by atoms with Crippen LogP contribution in [0.2, 0.25) is 0 Å². The molecule has 0 fully saturated rings. The van der Waals surface area contributed by atoms with Crippen LogP contribution in [-0.4, -0.2) is 13.0 Å². The van der Waals surface area contributed by atoms with E-state index in [1.165, 1.54) is 51.4 Å². The highest BCUT2D eigenvalue weighted by atomic mass is 16.1. The molecule has 1 amide bonds. The minimum Gasteiger partial charge on any atom is -0.355 e. The number of allylic oxidation sites excluding steroid dienone is 1. The Morgan fingerprint density at radius 2 is 1.50 bits per heavy atom. The molecule has 16 heavy (non-hydrogen) atoms. The molecule has 0 aromatic carbocycles. The minimum absolute atomic E-state index is 0.667. The van der Waals surface area contributed by atoms with Crippen molar-refractivity contribution in [3.05, 3.63) is 12.2 Å². The van der Waals surface area contributed by atoms with E-state index in [4.69, 9.17) is 0 Å². The van der Waals surface area contributed by atoms with Gasteiger partial charge in [-0.15, -0.1) is 0 Å². The van der Waals surface area contributed by atoms with Gasteiger partial charge in [0.15, 0.2) is 0 Å². The molecule has 0 atom stereocenters. The van der Waals surface area contributed by atoms with Gasteiger partial charge in [0.05, 0.1) is 0 Å². The molecule has 0 saturated heterocycles. The van der Waals surface area contributed by atoms with Gasteiger partial charge in [-0.3, -0.25) is 4.79 Å². The fourth-order valence-electron chi connectivity index (χ4n) is 1.71. The largest absolute Gasteiger partial charge is 0.355 e. The number of amides is 1. The molecular formula is C14H27NO. The van der Waals surface area contributed by atoms with Crippen LogP contribution in [0.25, 0.3) is 0 Å². The van der Waals surface area contributed by atoms with Gasteiger partial charge in [-0.1, -0.05) is 64.0 Å². The molecule has 1 N–H and O–H groups in total. The van der Waals surface area contributed by atoms with Crippen molar-refractivity contribution in [2.45, 2.75) is 64.7 Å². The van der Waals surface area contributed by atoms with Gasteiger partial charge in [-0.05, 0) is 12.8 Å². The maximum atomic E-state index is 9.94. The summed E-state index contributed by atoms with van der Waals surface area (Å²) in [4.78, 5) is 9.94. The molecule has 2 heteroatoms. The second-order valence-electron chi connectivity index (χ2n) is 4.26. The molecule has 0 aliphatic heterocycles. The van der Waals surface area contributed by atoms with Crippen LogP contribution in [0.5, 0.6) is 0 Å². The molecule has 94 valence electrons. The van der Waals surface area contributed by atoms with Crippen LogP contribution < -0.4 is 5.32 Å². The van der Waals surface area contributed by atoms with E-state index >= 15 is 0 Å². The van der Waals surface area contributed by atoms with E-state index in [0.29, 0.717) is 6.54 Å². The third-order valence-corrected chi connectivity index (χ3v) is 2.71. The monoisotopic (exact) mass is 225 g/mol. The molecule has 0 radical (unpaired) electrons. The maximum Gasteiger partial charge on any atom is 0.207 e. The molecule has 0 bridgehead atoms. The van der Waals surface area contributed by atoms with Crippen LogP contribution in [-0.2, 0) is 4.79 Å². The number of hydrogen-bond donors (Lipinski definition) is 1. The first-order valence-corrected chi connectivity index (χ1v) is 6.73. The standard InChI is InChI=1S/C14H27NO/c1-2-3-4-5-6-7-8-9-10-11-12-13-15-14-16/h11-12,14H,2-10,13H2,1H3,(H,15,16). The minimum atomic E-state index is 0.667. The topological polar surface area (TPSA) is 29.1 Å². The molecule has 0 heterocycles. The Kier molecular flexibility index (Phi) is 13.5. The lowest BCUT2D eigenvalue weighted by atomic mass is 10.1. The summed E-state index contributed by atoms with van der Waals surface area (Å²) in [5, 5.41) is 2.61. The van der Waals surface area contributed by atoms with E-state index in [0.717, 1.165) is 12.8 Å². The summed E-state index contributed by atoms with van der Waals surface area (Å²) in [6, 6.07) is 0. The lowest BCUT2D eigenvalue weighted by molar-refractivity contribution is -0.109. The number of hydrogen-bond acceptors (Lipinski definition) is 1. The van der Waals surface area contributed by atoms with E-state index < -0.39 is 0 Å². The zero-order valence-corrected chi connectivity index (χ0v) is 10.7. The molecule has 0 aromatic heterocycles. The van der Waals surface area contributed by atoms with E-state index in [2.05, 4.69) is 18.3 Å². The van der Waals surface area contributed by atoms with Gasteiger partial charge >= 0.3 is 0 Å². The summed E-state index contributed by atoms with van der Waals surface area (Å²) in [5.41, 5.74) is 0. The third-order valence-electron chi connectivity index (χ3n) is 2.71. The second kappa shape index (κ2) is 14.2. The molecule has 0 aliphatic rings. The van der Waals surface area contributed by atoms with Gasteiger partial charge in [0.2, 0.25) is 6.41 Å². The summed E-state index contributed by atoms with van der Waals surface area (Å²) < 4.78 is 0. The van der Waals surface area contributed by atoms with Crippen molar-refractivity contribution in [1.29, 1.82) is 0 Å². The fraction of sp³-hybridized carbons (Fsp3) is 0.786. The summed E-state index contributed by atoms with van der Waals surface area (Å²) in [6.45, 7) is 2.92. The predicted octanol–water partition coefficient (Wildman–Crippen LogP) is 3.82. The first-order chi connectivity index (χ1) is 7.91. The van der Waals surface area contributed by atoms with Gasteiger partial charge in [0.1, 0.15) is 0 Å². The Morgan fingerprint density at radius 3 is 2.12 bits per heavy atom. The second-order valence-corrected chi connectivity index (χ2v) is 4.26. The van der Waals surface area contributed by atoms with Gasteiger partial charge < -0.3 is 5.32 Å². The lowest BCUT2D eigenvalue weighted by Crippen LogP contribution is -2.09. The zero-order valence-electron chi connectivity index (χ0n) is 10.7. The Labute approximate surface area is 101 Å². The number of rotatable bonds is 12. The average molecular weight is 225 g/mol. The number of carbonyl (C=O) groups is 1. The highest BCUT2D eigenvalue weighted by molar-refractivity contribution is 5.46. The normalized spacial score (nSPS) is 10.8. The van der Waals surface area contributed by atoms with E-state index in [1.54, 1.807) is 0 Å². The molecular weight excluding hydrogens is 198 g/mol. The van der Waals surface area contributed by atoms with E-state index in [1.807, 2.05) is 6.08 Å². The van der Waals surface area contributed by atoms with Crippen LogP contribution in [0, 0.1) is 0 Å². The number of unbranched alkanes of at least 4 members (excludes halogenated alkanes) is 8. The van der Waals surface area contributed by atoms with Crippen LogP contribution in [0.4, 0.5) is 0 Å². The predicted molar refractivity (Wildman–Crippen MR) is 70.4 cm³/mol. The van der Waals surface area contributed by atoms with Crippen molar-refractivity contribution in [2.24, 2.45) is 0 Å². The summed E-state index contributed by atoms with van der Waals surface area (Å²) in [6.07, 6.45) is 17.0. The molecule has 0 spiro atoms. The van der Waals surface area contributed by atoms with Crippen molar-refractivity contribution in [1.82, 2.24) is 5.32 Å². The van der Waals surface area contributed by atoms with Crippen molar-refractivity contribution in [3.63, 3.8) is 0 Å². The zero-order chi connectivity index (χ0) is 11.9. The van der Waals surface area contributed by atoms with Gasteiger partial charge in [0.25, 0.3) is 0 Å². The van der Waals surface area contributed by atoms with Crippen molar-refractivity contribution in [2.75, 3.05) is 6.54 Å². The van der Waals surface area contributed by atoms with E-state index in [-0.39, 0.29) is 0 Å². The van der Waals surface area contributed by atoms with Crippen molar-refractivity contribution < 1.29 is 4.79 Å². The first kappa shape index (κ1) is 15.2. The van der Waals surface area contributed by atoms with Gasteiger partial charge in [-0.25, -0.2) is 0 Å². The summed E-state index contributed by atoms with van der Waals surface area (Å²) >= 11 is 0. The smallest absolute Gasteiger partial charge is 0.207 e. The highest BCUT2D eigenvalue weighted by Crippen LogP contribution is 2.09. The number of nitrogens with one attached hydrogen (secondary N) is 1. The first-order valence-electron chi connectivity index (χ1n) is 6.73. The summed E-state index contributed by atoms with van der Waals surface area (Å²) in [5.74, 6) is 0. The maximum absolute atomic E-state index is 9.94.